The Morgan fingerprint density at radius 2 is 1.82 bits per heavy atom. The van der Waals surface area contributed by atoms with Gasteiger partial charge in [0.2, 0.25) is 0 Å². The molecule has 0 saturated carbocycles. The minimum atomic E-state index is -0.297. The van der Waals surface area contributed by atoms with Crippen molar-refractivity contribution in [2.75, 3.05) is 7.11 Å². The zero-order valence-corrected chi connectivity index (χ0v) is 15.9. The van der Waals surface area contributed by atoms with Crippen LogP contribution in [0.25, 0.3) is 6.08 Å². The van der Waals surface area contributed by atoms with E-state index in [2.05, 4.69) is 0 Å². The predicted molar refractivity (Wildman–Crippen MR) is 110 cm³/mol. The number of hydrogen-bond acceptors (Lipinski definition) is 4. The van der Waals surface area contributed by atoms with Crippen molar-refractivity contribution in [1.29, 1.82) is 0 Å². The lowest BCUT2D eigenvalue weighted by atomic mass is 10.1. The number of benzene rings is 3. The molecule has 0 bridgehead atoms. The summed E-state index contributed by atoms with van der Waals surface area (Å²) in [6, 6.07) is 20.2. The van der Waals surface area contributed by atoms with E-state index in [0.29, 0.717) is 18.1 Å². The predicted octanol–water partition coefficient (Wildman–Crippen LogP) is 5.18. The van der Waals surface area contributed by atoms with E-state index in [9.17, 15) is 9.90 Å². The van der Waals surface area contributed by atoms with Crippen LogP contribution >= 0.6 is 0 Å². The molecule has 3 aromatic rings. The van der Waals surface area contributed by atoms with Crippen LogP contribution in [0.5, 0.6) is 17.2 Å². The number of carbonyl (C=O) groups excluding carboxylic acids is 1. The lowest BCUT2D eigenvalue weighted by molar-refractivity contribution is 0.104. The fraction of sp³-hybridized carbons (Fsp3) is 0.125. The van der Waals surface area contributed by atoms with Crippen LogP contribution < -0.4 is 9.47 Å². The summed E-state index contributed by atoms with van der Waals surface area (Å²) in [5, 5.41) is 10.2. The highest BCUT2D eigenvalue weighted by molar-refractivity contribution is 6.08. The van der Waals surface area contributed by atoms with Gasteiger partial charge in [0, 0.05) is 11.6 Å². The fourth-order valence-corrected chi connectivity index (χ4v) is 2.76. The van der Waals surface area contributed by atoms with Gasteiger partial charge >= 0.3 is 0 Å². The molecule has 0 saturated heterocycles. The molecule has 0 radical (unpaired) electrons. The number of aryl methyl sites for hydroxylation is 1. The summed E-state index contributed by atoms with van der Waals surface area (Å²) in [5.41, 5.74) is 3.11. The third kappa shape index (κ3) is 4.80. The van der Waals surface area contributed by atoms with Crippen LogP contribution in [0.15, 0.2) is 72.8 Å². The molecule has 0 heterocycles. The summed E-state index contributed by atoms with van der Waals surface area (Å²) >= 11 is 0. The van der Waals surface area contributed by atoms with Crippen molar-refractivity contribution >= 4 is 11.9 Å². The van der Waals surface area contributed by atoms with Crippen LogP contribution in [-0.4, -0.2) is 18.0 Å². The van der Waals surface area contributed by atoms with Gasteiger partial charge in [-0.1, -0.05) is 42.5 Å². The Morgan fingerprint density at radius 1 is 1.04 bits per heavy atom. The maximum atomic E-state index is 12.5. The summed E-state index contributed by atoms with van der Waals surface area (Å²) in [4.78, 5) is 12.5. The fourth-order valence-electron chi connectivity index (χ4n) is 2.76. The zero-order valence-electron chi connectivity index (χ0n) is 15.9. The Morgan fingerprint density at radius 3 is 2.54 bits per heavy atom. The van der Waals surface area contributed by atoms with Crippen LogP contribution in [0.1, 0.15) is 27.0 Å². The number of methoxy groups -OCH3 is 1. The molecule has 0 unspecified atom stereocenters. The molecule has 1 N–H and O–H groups in total. The molecule has 0 fully saturated rings. The number of allylic oxidation sites excluding steroid dienone is 1. The average Bonchev–Trinajstić information content (AvgIpc) is 2.71. The number of ether oxygens (including phenoxy) is 2. The number of hydrogen-bond donors (Lipinski definition) is 1. The van der Waals surface area contributed by atoms with Gasteiger partial charge in [-0.05, 0) is 48.4 Å². The van der Waals surface area contributed by atoms with E-state index in [1.54, 1.807) is 25.3 Å². The minimum absolute atomic E-state index is 0.115. The molecule has 0 atom stereocenters. The average molecular weight is 374 g/mol. The maximum absolute atomic E-state index is 12.5. The molecule has 4 nitrogen and oxygen atoms in total. The molecule has 0 aliphatic carbocycles. The van der Waals surface area contributed by atoms with Crippen LogP contribution in [0.2, 0.25) is 0 Å². The number of carbonyl (C=O) groups is 1. The molecule has 0 aliphatic rings. The summed E-state index contributed by atoms with van der Waals surface area (Å²) in [6.45, 7) is 2.36. The first kappa shape index (κ1) is 19.2. The first-order valence-electron chi connectivity index (χ1n) is 8.93. The van der Waals surface area contributed by atoms with E-state index < -0.39 is 0 Å². The summed E-state index contributed by atoms with van der Waals surface area (Å²) < 4.78 is 11.0. The van der Waals surface area contributed by atoms with Crippen molar-refractivity contribution in [1.82, 2.24) is 0 Å². The van der Waals surface area contributed by atoms with Crippen LogP contribution in [0.4, 0.5) is 0 Å². The summed E-state index contributed by atoms with van der Waals surface area (Å²) in [7, 11) is 1.59. The van der Waals surface area contributed by atoms with Crippen molar-refractivity contribution < 1.29 is 19.4 Å². The smallest absolute Gasteiger partial charge is 0.189 e. The van der Waals surface area contributed by atoms with Crippen molar-refractivity contribution in [3.8, 4) is 17.2 Å². The van der Waals surface area contributed by atoms with Gasteiger partial charge in [0.25, 0.3) is 0 Å². The molecule has 28 heavy (non-hydrogen) atoms. The van der Waals surface area contributed by atoms with Crippen LogP contribution in [-0.2, 0) is 6.61 Å². The summed E-state index contributed by atoms with van der Waals surface area (Å²) in [6.07, 6.45) is 3.10. The second-order valence-electron chi connectivity index (χ2n) is 6.40. The molecule has 0 aliphatic heterocycles. The van der Waals surface area contributed by atoms with Gasteiger partial charge in [-0.25, -0.2) is 0 Å². The molecular formula is C24H22O4. The third-order valence-electron chi connectivity index (χ3n) is 4.29. The van der Waals surface area contributed by atoms with E-state index in [0.717, 1.165) is 16.7 Å². The number of rotatable bonds is 7. The van der Waals surface area contributed by atoms with Gasteiger partial charge in [-0.3, -0.25) is 4.79 Å². The number of ketones is 1. The highest BCUT2D eigenvalue weighted by Crippen LogP contribution is 2.26. The van der Waals surface area contributed by atoms with Crippen molar-refractivity contribution in [3.05, 3.63) is 95.1 Å². The Balaban J connectivity index is 1.70. The van der Waals surface area contributed by atoms with Crippen molar-refractivity contribution in [3.63, 3.8) is 0 Å². The molecule has 3 rings (SSSR count). The molecule has 4 heteroatoms. The Hall–Kier alpha value is -3.53. The van der Waals surface area contributed by atoms with Crippen molar-refractivity contribution in [2.24, 2.45) is 0 Å². The highest BCUT2D eigenvalue weighted by Gasteiger charge is 2.10. The van der Waals surface area contributed by atoms with Gasteiger partial charge in [0.05, 0.1) is 12.7 Å². The molecular weight excluding hydrogens is 352 g/mol. The quantitative estimate of drug-likeness (QED) is 0.457. The van der Waals surface area contributed by atoms with Crippen molar-refractivity contribution in [2.45, 2.75) is 13.5 Å². The third-order valence-corrected chi connectivity index (χ3v) is 4.29. The van der Waals surface area contributed by atoms with Crippen LogP contribution in [0.3, 0.4) is 0 Å². The molecule has 0 spiro atoms. The molecule has 3 aromatic carbocycles. The lowest BCUT2D eigenvalue weighted by Crippen LogP contribution is -1.98. The summed E-state index contributed by atoms with van der Waals surface area (Å²) in [5.74, 6) is 0.783. The number of phenolic OH excluding ortho intramolecular Hbond substituents is 1. The van der Waals surface area contributed by atoms with Gasteiger partial charge in [-0.2, -0.15) is 0 Å². The minimum Gasteiger partial charge on any atom is -0.507 e. The zero-order chi connectivity index (χ0) is 19.9. The molecule has 0 aromatic heterocycles. The Labute approximate surface area is 164 Å². The topological polar surface area (TPSA) is 55.8 Å². The second kappa shape index (κ2) is 8.91. The highest BCUT2D eigenvalue weighted by atomic mass is 16.5. The van der Waals surface area contributed by atoms with E-state index in [1.807, 2.05) is 55.5 Å². The van der Waals surface area contributed by atoms with E-state index in [1.165, 1.54) is 12.1 Å². The monoisotopic (exact) mass is 374 g/mol. The second-order valence-corrected chi connectivity index (χ2v) is 6.40. The molecule has 142 valence electrons. The Bertz CT molecular complexity index is 991. The van der Waals surface area contributed by atoms with Gasteiger partial charge in [-0.15, -0.1) is 0 Å². The van der Waals surface area contributed by atoms with Gasteiger partial charge < -0.3 is 14.6 Å². The van der Waals surface area contributed by atoms with E-state index >= 15 is 0 Å². The molecule has 0 amide bonds. The largest absolute Gasteiger partial charge is 0.507 e. The maximum Gasteiger partial charge on any atom is 0.189 e. The van der Waals surface area contributed by atoms with E-state index in [-0.39, 0.29) is 17.1 Å². The standard InChI is InChI=1S/C24H22O4/c1-17-8-9-19(24(14-17)27-2)10-13-22(25)21-12-11-20(15-23(21)26)28-16-18-6-4-3-5-7-18/h3-15,26H,16H2,1-2H3/b13-10+. The lowest BCUT2D eigenvalue weighted by Gasteiger charge is -2.08. The van der Waals surface area contributed by atoms with Crippen LogP contribution in [0, 0.1) is 6.92 Å². The number of phenols is 1. The SMILES string of the molecule is COc1cc(C)ccc1/C=C/C(=O)c1ccc(OCc2ccccc2)cc1O. The first-order chi connectivity index (χ1) is 13.6. The van der Waals surface area contributed by atoms with Gasteiger partial charge in [0.15, 0.2) is 5.78 Å². The Kier molecular flexibility index (Phi) is 6.12. The van der Waals surface area contributed by atoms with E-state index in [4.69, 9.17) is 9.47 Å². The number of aromatic hydroxyl groups is 1. The van der Waals surface area contributed by atoms with Gasteiger partial charge in [0.1, 0.15) is 23.9 Å². The first-order valence-corrected chi connectivity index (χ1v) is 8.93. The normalized spacial score (nSPS) is 10.8.